The summed E-state index contributed by atoms with van der Waals surface area (Å²) in [5.74, 6) is 3.89. The summed E-state index contributed by atoms with van der Waals surface area (Å²) in [5.41, 5.74) is 0.429. The molecule has 5 rings (SSSR count). The highest BCUT2D eigenvalue weighted by molar-refractivity contribution is 9.10. The average molecular weight is 406 g/mol. The highest BCUT2D eigenvalue weighted by Gasteiger charge is 2.50. The predicted molar refractivity (Wildman–Crippen MR) is 102 cm³/mol. The summed E-state index contributed by atoms with van der Waals surface area (Å²) in [4.78, 5) is 12.2. The van der Waals surface area contributed by atoms with Crippen LogP contribution in [0.1, 0.15) is 51.4 Å². The molecule has 4 aliphatic carbocycles. The molecular formula is C21H28BrNO2. The Morgan fingerprint density at radius 1 is 1.08 bits per heavy atom. The Bertz CT molecular complexity index is 578. The topological polar surface area (TPSA) is 38.3 Å². The molecule has 4 saturated carbocycles. The van der Waals surface area contributed by atoms with Crippen LogP contribution < -0.4 is 10.1 Å². The molecule has 1 aromatic carbocycles. The van der Waals surface area contributed by atoms with Crippen LogP contribution in [0.2, 0.25) is 0 Å². The van der Waals surface area contributed by atoms with Crippen molar-refractivity contribution >= 4 is 21.8 Å². The molecule has 1 aromatic rings. The zero-order valence-corrected chi connectivity index (χ0v) is 16.4. The lowest BCUT2D eigenvalue weighted by Crippen LogP contribution is -2.51. The number of halogens is 1. The minimum atomic E-state index is 0.190. The number of ether oxygens (including phenoxy) is 1. The van der Waals surface area contributed by atoms with Crippen molar-refractivity contribution < 1.29 is 9.53 Å². The van der Waals surface area contributed by atoms with Gasteiger partial charge in [0.25, 0.3) is 0 Å². The van der Waals surface area contributed by atoms with Crippen LogP contribution in [-0.2, 0) is 4.79 Å². The van der Waals surface area contributed by atoms with Crippen molar-refractivity contribution in [3.05, 3.63) is 28.7 Å². The maximum atomic E-state index is 12.2. The first kappa shape index (κ1) is 17.4. The number of hydrogen-bond donors (Lipinski definition) is 1. The summed E-state index contributed by atoms with van der Waals surface area (Å²) >= 11 is 3.41. The standard InChI is InChI=1S/C21H28BrNO2/c22-18-3-5-19(6-4-18)25-7-1-2-20(24)23-14-21-11-15-8-16(12-21)10-17(9-15)13-21/h3-6,15-17H,1-2,7-14H2,(H,23,24). The Morgan fingerprint density at radius 2 is 1.68 bits per heavy atom. The Hall–Kier alpha value is -1.03. The molecule has 136 valence electrons. The molecule has 3 nitrogen and oxygen atoms in total. The fourth-order valence-electron chi connectivity index (χ4n) is 5.83. The number of hydrogen-bond acceptors (Lipinski definition) is 2. The highest BCUT2D eigenvalue weighted by Crippen LogP contribution is 2.59. The van der Waals surface area contributed by atoms with Gasteiger partial charge in [0.1, 0.15) is 5.75 Å². The summed E-state index contributed by atoms with van der Waals surface area (Å²) in [6.45, 7) is 1.50. The molecule has 0 aliphatic heterocycles. The van der Waals surface area contributed by atoms with Gasteiger partial charge in [0.05, 0.1) is 6.61 Å². The first-order valence-electron chi connectivity index (χ1n) is 9.75. The lowest BCUT2D eigenvalue weighted by atomic mass is 9.49. The van der Waals surface area contributed by atoms with Gasteiger partial charge in [-0.3, -0.25) is 4.79 Å². The molecule has 0 unspecified atom stereocenters. The second kappa shape index (κ2) is 7.30. The zero-order valence-electron chi connectivity index (χ0n) is 14.8. The van der Waals surface area contributed by atoms with Crippen LogP contribution in [0.25, 0.3) is 0 Å². The van der Waals surface area contributed by atoms with Crippen molar-refractivity contribution in [2.45, 2.75) is 51.4 Å². The second-order valence-electron chi connectivity index (χ2n) is 8.60. The summed E-state index contributed by atoms with van der Waals surface area (Å²) in [6.07, 6.45) is 9.76. The number of amides is 1. The molecule has 4 bridgehead atoms. The van der Waals surface area contributed by atoms with Crippen molar-refractivity contribution in [1.29, 1.82) is 0 Å². The maximum Gasteiger partial charge on any atom is 0.220 e. The molecular weight excluding hydrogens is 378 g/mol. The van der Waals surface area contributed by atoms with Gasteiger partial charge in [-0.25, -0.2) is 0 Å². The third-order valence-electron chi connectivity index (χ3n) is 6.46. The lowest BCUT2D eigenvalue weighted by molar-refractivity contribution is -0.123. The number of nitrogens with one attached hydrogen (secondary N) is 1. The van der Waals surface area contributed by atoms with Crippen LogP contribution in [0.5, 0.6) is 5.75 Å². The van der Waals surface area contributed by atoms with Crippen LogP contribution in [0.4, 0.5) is 0 Å². The van der Waals surface area contributed by atoms with Crippen molar-refractivity contribution in [3.8, 4) is 5.75 Å². The van der Waals surface area contributed by atoms with Crippen molar-refractivity contribution in [2.24, 2.45) is 23.2 Å². The maximum absolute atomic E-state index is 12.2. The molecule has 0 spiro atoms. The van der Waals surface area contributed by atoms with Gasteiger partial charge in [-0.05, 0) is 92.4 Å². The Morgan fingerprint density at radius 3 is 2.28 bits per heavy atom. The van der Waals surface area contributed by atoms with E-state index in [4.69, 9.17) is 4.74 Å². The Balaban J connectivity index is 1.17. The Labute approximate surface area is 159 Å². The molecule has 0 radical (unpaired) electrons. The summed E-state index contributed by atoms with van der Waals surface area (Å²) in [7, 11) is 0. The molecule has 0 saturated heterocycles. The van der Waals surface area contributed by atoms with Gasteiger partial charge >= 0.3 is 0 Å². The van der Waals surface area contributed by atoms with E-state index in [0.29, 0.717) is 18.4 Å². The van der Waals surface area contributed by atoms with E-state index in [9.17, 15) is 4.79 Å². The fourth-order valence-corrected chi connectivity index (χ4v) is 6.10. The van der Waals surface area contributed by atoms with Gasteiger partial charge in [-0.15, -0.1) is 0 Å². The first-order valence-corrected chi connectivity index (χ1v) is 10.5. The van der Waals surface area contributed by atoms with Crippen LogP contribution in [-0.4, -0.2) is 19.1 Å². The SMILES string of the molecule is O=C(CCCOc1ccc(Br)cc1)NCC12CC3CC(CC(C3)C1)C2. The molecule has 0 heterocycles. The van der Waals surface area contributed by atoms with Crippen molar-refractivity contribution in [1.82, 2.24) is 5.32 Å². The predicted octanol–water partition coefficient (Wildman–Crippen LogP) is 4.94. The minimum absolute atomic E-state index is 0.190. The summed E-state index contributed by atoms with van der Waals surface area (Å²) < 4.78 is 6.73. The molecule has 4 fully saturated rings. The van der Waals surface area contributed by atoms with Crippen molar-refractivity contribution in [3.63, 3.8) is 0 Å². The Kier molecular flexibility index (Phi) is 5.08. The van der Waals surface area contributed by atoms with E-state index in [1.54, 1.807) is 0 Å². The molecule has 0 aromatic heterocycles. The lowest BCUT2D eigenvalue weighted by Gasteiger charge is -2.56. The van der Waals surface area contributed by atoms with Gasteiger partial charge in [-0.1, -0.05) is 15.9 Å². The second-order valence-corrected chi connectivity index (χ2v) is 9.52. The number of benzene rings is 1. The zero-order chi connectivity index (χ0) is 17.3. The minimum Gasteiger partial charge on any atom is -0.494 e. The quantitative estimate of drug-likeness (QED) is 0.652. The molecule has 4 aliphatic rings. The smallest absolute Gasteiger partial charge is 0.220 e. The van der Waals surface area contributed by atoms with Crippen LogP contribution in [0, 0.1) is 23.2 Å². The highest BCUT2D eigenvalue weighted by atomic mass is 79.9. The molecule has 1 amide bonds. The average Bonchev–Trinajstić information content (AvgIpc) is 2.57. The largest absolute Gasteiger partial charge is 0.494 e. The van der Waals surface area contributed by atoms with E-state index >= 15 is 0 Å². The normalized spacial score (nSPS) is 32.6. The van der Waals surface area contributed by atoms with Crippen LogP contribution >= 0.6 is 15.9 Å². The summed E-state index contributed by atoms with van der Waals surface area (Å²) in [6, 6.07) is 7.81. The van der Waals surface area contributed by atoms with E-state index in [1.165, 1.54) is 38.5 Å². The van der Waals surface area contributed by atoms with Gasteiger partial charge in [0.2, 0.25) is 5.91 Å². The van der Waals surface area contributed by atoms with E-state index in [2.05, 4.69) is 21.2 Å². The van der Waals surface area contributed by atoms with E-state index < -0.39 is 0 Å². The van der Waals surface area contributed by atoms with Gasteiger partial charge in [0.15, 0.2) is 0 Å². The monoisotopic (exact) mass is 405 g/mol. The molecule has 1 N–H and O–H groups in total. The summed E-state index contributed by atoms with van der Waals surface area (Å²) in [5, 5.41) is 3.25. The van der Waals surface area contributed by atoms with Crippen LogP contribution in [0.3, 0.4) is 0 Å². The first-order chi connectivity index (χ1) is 12.1. The van der Waals surface area contributed by atoms with Gasteiger partial charge < -0.3 is 10.1 Å². The molecule has 4 heteroatoms. The van der Waals surface area contributed by atoms with Gasteiger partial charge in [0, 0.05) is 17.4 Å². The van der Waals surface area contributed by atoms with Gasteiger partial charge in [-0.2, -0.15) is 0 Å². The van der Waals surface area contributed by atoms with E-state index in [0.717, 1.165) is 40.9 Å². The van der Waals surface area contributed by atoms with Crippen molar-refractivity contribution in [2.75, 3.05) is 13.2 Å². The molecule has 25 heavy (non-hydrogen) atoms. The van der Waals surface area contributed by atoms with E-state index in [1.807, 2.05) is 24.3 Å². The third kappa shape index (κ3) is 4.21. The third-order valence-corrected chi connectivity index (χ3v) is 6.98. The van der Waals surface area contributed by atoms with Crippen LogP contribution in [0.15, 0.2) is 28.7 Å². The fraction of sp³-hybridized carbons (Fsp3) is 0.667. The molecule has 0 atom stereocenters. The number of carbonyl (C=O) groups excluding carboxylic acids is 1. The van der Waals surface area contributed by atoms with E-state index in [-0.39, 0.29) is 5.91 Å². The number of rotatable bonds is 7. The number of carbonyl (C=O) groups is 1.